The maximum Gasteiger partial charge on any atom is 0.418 e. The van der Waals surface area contributed by atoms with Crippen LogP contribution in [0.15, 0.2) is 54.6 Å². The van der Waals surface area contributed by atoms with Gasteiger partial charge in [-0.1, -0.05) is 35.9 Å². The summed E-state index contributed by atoms with van der Waals surface area (Å²) in [4.78, 5) is 3.10. The Balaban J connectivity index is 1.78. The molecule has 0 radical (unpaired) electrons. The Hall–Kier alpha value is -2.54. The highest BCUT2D eigenvalue weighted by Crippen LogP contribution is 2.43. The predicted molar refractivity (Wildman–Crippen MR) is 129 cm³/mol. The quantitative estimate of drug-likeness (QED) is 0.249. The van der Waals surface area contributed by atoms with Gasteiger partial charge in [0.1, 0.15) is 0 Å². The van der Waals surface area contributed by atoms with E-state index in [0.717, 1.165) is 45.5 Å². The molecule has 0 aliphatic carbocycles. The normalized spacial score (nSPS) is 12.4. The van der Waals surface area contributed by atoms with Crippen LogP contribution in [-0.4, -0.2) is 11.5 Å². The highest BCUT2D eigenvalue weighted by atomic mass is 35.5. The van der Waals surface area contributed by atoms with Crippen molar-refractivity contribution >= 4 is 54.0 Å². The molecule has 0 saturated heterocycles. The average Bonchev–Trinajstić information content (AvgIpc) is 3.32. The fraction of sp³-hybridized carbons (Fsp3) is 0.200. The van der Waals surface area contributed by atoms with Crippen molar-refractivity contribution in [3.8, 4) is 11.3 Å². The van der Waals surface area contributed by atoms with E-state index in [9.17, 15) is 13.2 Å². The van der Waals surface area contributed by atoms with Gasteiger partial charge in [0.2, 0.25) is 0 Å². The van der Waals surface area contributed by atoms with Crippen molar-refractivity contribution in [2.45, 2.75) is 25.4 Å². The van der Waals surface area contributed by atoms with Crippen molar-refractivity contribution < 1.29 is 13.2 Å². The predicted octanol–water partition coefficient (Wildman–Crippen LogP) is 8.16. The van der Waals surface area contributed by atoms with Crippen molar-refractivity contribution in [1.29, 1.82) is 0 Å². The molecule has 0 aliphatic rings. The Morgan fingerprint density at radius 1 is 0.938 bits per heavy atom. The minimum Gasteiger partial charge on any atom is -0.354 e. The molecule has 0 atom stereocenters. The monoisotopic (exact) mass is 472 g/mol. The SMILES string of the molecule is NCCCCc1c(-c2ccc3sc4ccccc4c3c2)[nH]c2c(C(F)(F)F)ccc(Cl)c12. The lowest BCUT2D eigenvalue weighted by atomic mass is 9.98. The molecule has 0 fully saturated rings. The van der Waals surface area contributed by atoms with E-state index in [2.05, 4.69) is 23.2 Å². The van der Waals surface area contributed by atoms with Gasteiger partial charge >= 0.3 is 6.18 Å². The Morgan fingerprint density at radius 3 is 2.50 bits per heavy atom. The minimum absolute atomic E-state index is 0.0398. The summed E-state index contributed by atoms with van der Waals surface area (Å²) in [6.07, 6.45) is -2.33. The molecule has 3 aromatic carbocycles. The summed E-state index contributed by atoms with van der Waals surface area (Å²) in [6.45, 7) is 0.534. The first-order chi connectivity index (χ1) is 15.4. The number of nitrogens with one attached hydrogen (secondary N) is 1. The van der Waals surface area contributed by atoms with E-state index in [1.54, 1.807) is 11.3 Å². The maximum absolute atomic E-state index is 13.8. The molecule has 2 heterocycles. The molecule has 5 rings (SSSR count). The number of nitrogens with two attached hydrogens (primary N) is 1. The van der Waals surface area contributed by atoms with Crippen LogP contribution < -0.4 is 5.73 Å². The molecular formula is C25H20ClF3N2S. The van der Waals surface area contributed by atoms with Crippen LogP contribution in [0, 0.1) is 0 Å². The first-order valence-electron chi connectivity index (χ1n) is 10.4. The van der Waals surface area contributed by atoms with Crippen LogP contribution in [0.25, 0.3) is 42.3 Å². The van der Waals surface area contributed by atoms with Gasteiger partial charge in [-0.25, -0.2) is 0 Å². The number of unbranched alkanes of at least 4 members (excludes halogenated alkanes) is 1. The molecule has 0 spiro atoms. The molecule has 2 aromatic heterocycles. The third-order valence-electron chi connectivity index (χ3n) is 5.86. The van der Waals surface area contributed by atoms with Gasteiger partial charge in [0, 0.05) is 31.3 Å². The fourth-order valence-electron chi connectivity index (χ4n) is 4.39. The van der Waals surface area contributed by atoms with E-state index in [0.29, 0.717) is 29.1 Å². The lowest BCUT2D eigenvalue weighted by Gasteiger charge is -2.09. The molecule has 0 bridgehead atoms. The summed E-state index contributed by atoms with van der Waals surface area (Å²) >= 11 is 8.15. The highest BCUT2D eigenvalue weighted by molar-refractivity contribution is 7.25. The first kappa shape index (κ1) is 21.3. The number of hydrogen-bond donors (Lipinski definition) is 2. The molecule has 5 aromatic rings. The second kappa shape index (κ2) is 8.10. The molecule has 3 N–H and O–H groups in total. The molecule has 2 nitrogen and oxygen atoms in total. The number of aromatic nitrogens is 1. The molecular weight excluding hydrogens is 453 g/mol. The van der Waals surface area contributed by atoms with Crippen LogP contribution in [0.5, 0.6) is 0 Å². The number of hydrogen-bond acceptors (Lipinski definition) is 2. The van der Waals surface area contributed by atoms with Crippen LogP contribution in [0.3, 0.4) is 0 Å². The zero-order chi connectivity index (χ0) is 22.5. The summed E-state index contributed by atoms with van der Waals surface area (Å²) in [7, 11) is 0. The number of alkyl halides is 3. The van der Waals surface area contributed by atoms with Gasteiger partial charge in [0.15, 0.2) is 0 Å². The molecule has 0 amide bonds. The molecule has 7 heteroatoms. The number of aryl methyl sites for hydroxylation is 1. The molecule has 164 valence electrons. The van der Waals surface area contributed by atoms with Crippen LogP contribution >= 0.6 is 22.9 Å². The van der Waals surface area contributed by atoms with E-state index in [1.165, 1.54) is 10.8 Å². The summed E-state index contributed by atoms with van der Waals surface area (Å²) in [5, 5.41) is 3.00. The number of halogens is 4. The Labute approximate surface area is 191 Å². The Morgan fingerprint density at radius 2 is 1.72 bits per heavy atom. The zero-order valence-corrected chi connectivity index (χ0v) is 18.6. The summed E-state index contributed by atoms with van der Waals surface area (Å²) in [6, 6.07) is 16.6. The van der Waals surface area contributed by atoms with E-state index in [-0.39, 0.29) is 5.52 Å². The Kier molecular flexibility index (Phi) is 5.40. The van der Waals surface area contributed by atoms with Gasteiger partial charge in [0.05, 0.1) is 16.1 Å². The van der Waals surface area contributed by atoms with Gasteiger partial charge in [-0.15, -0.1) is 11.3 Å². The molecule has 0 unspecified atom stereocenters. The highest BCUT2D eigenvalue weighted by Gasteiger charge is 2.34. The van der Waals surface area contributed by atoms with Crippen molar-refractivity contribution in [1.82, 2.24) is 4.98 Å². The maximum atomic E-state index is 13.8. The number of benzene rings is 3. The first-order valence-corrected chi connectivity index (χ1v) is 11.6. The second-order valence-electron chi connectivity index (χ2n) is 7.88. The largest absolute Gasteiger partial charge is 0.418 e. The topological polar surface area (TPSA) is 41.8 Å². The third kappa shape index (κ3) is 3.56. The number of H-pyrrole nitrogens is 1. The van der Waals surface area contributed by atoms with E-state index >= 15 is 0 Å². The van der Waals surface area contributed by atoms with E-state index < -0.39 is 11.7 Å². The van der Waals surface area contributed by atoms with Crippen molar-refractivity contribution in [2.24, 2.45) is 5.73 Å². The van der Waals surface area contributed by atoms with Crippen LogP contribution in [-0.2, 0) is 12.6 Å². The van der Waals surface area contributed by atoms with Crippen LogP contribution in [0.2, 0.25) is 5.02 Å². The van der Waals surface area contributed by atoms with Crippen molar-refractivity contribution in [3.63, 3.8) is 0 Å². The smallest absolute Gasteiger partial charge is 0.354 e. The zero-order valence-electron chi connectivity index (χ0n) is 17.0. The lowest BCUT2D eigenvalue weighted by Crippen LogP contribution is -2.05. The number of rotatable bonds is 5. The van der Waals surface area contributed by atoms with Gasteiger partial charge < -0.3 is 10.7 Å². The summed E-state index contributed by atoms with van der Waals surface area (Å²) in [5.74, 6) is 0. The van der Waals surface area contributed by atoms with Gasteiger partial charge in [0.25, 0.3) is 0 Å². The lowest BCUT2D eigenvalue weighted by molar-refractivity contribution is -0.136. The van der Waals surface area contributed by atoms with E-state index in [4.69, 9.17) is 17.3 Å². The number of aromatic amines is 1. The van der Waals surface area contributed by atoms with Crippen molar-refractivity contribution in [2.75, 3.05) is 6.54 Å². The Bertz CT molecular complexity index is 1450. The number of fused-ring (bicyclic) bond motifs is 4. The average molecular weight is 473 g/mol. The van der Waals surface area contributed by atoms with Crippen molar-refractivity contribution in [3.05, 3.63) is 70.7 Å². The summed E-state index contributed by atoms with van der Waals surface area (Å²) < 4.78 is 43.6. The third-order valence-corrected chi connectivity index (χ3v) is 7.33. The molecule has 0 saturated carbocycles. The van der Waals surface area contributed by atoms with Gasteiger partial charge in [-0.2, -0.15) is 13.2 Å². The van der Waals surface area contributed by atoms with Gasteiger partial charge in [-0.05, 0) is 67.3 Å². The fourth-order valence-corrected chi connectivity index (χ4v) is 5.75. The number of thiophene rings is 1. The standard InChI is InChI=1S/C25H20ClF3N2S/c26-19-10-9-18(25(27,28)29)24-22(19)16(6-3-4-12-30)23(31-24)14-8-11-21-17(13-14)15-5-1-2-7-20(15)32-21/h1-2,5,7-11,13,31H,3-4,6,12,30H2. The van der Waals surface area contributed by atoms with Crippen LogP contribution in [0.1, 0.15) is 24.0 Å². The van der Waals surface area contributed by atoms with Gasteiger partial charge in [-0.3, -0.25) is 0 Å². The summed E-state index contributed by atoms with van der Waals surface area (Å²) in [5.41, 5.74) is 7.35. The van der Waals surface area contributed by atoms with E-state index in [1.807, 2.05) is 24.3 Å². The minimum atomic E-state index is -4.48. The second-order valence-corrected chi connectivity index (χ2v) is 9.37. The molecule has 0 aliphatic heterocycles. The molecule has 32 heavy (non-hydrogen) atoms. The van der Waals surface area contributed by atoms with Crippen LogP contribution in [0.4, 0.5) is 13.2 Å².